The van der Waals surface area contributed by atoms with Crippen molar-refractivity contribution in [2.45, 2.75) is 32.9 Å². The summed E-state index contributed by atoms with van der Waals surface area (Å²) in [6.45, 7) is 6.55. The lowest BCUT2D eigenvalue weighted by Gasteiger charge is -2.16. The average Bonchev–Trinajstić information content (AvgIpc) is 3.31. The molecule has 3 aromatic rings. The van der Waals surface area contributed by atoms with Crippen molar-refractivity contribution in [3.8, 4) is 0 Å². The van der Waals surface area contributed by atoms with Crippen molar-refractivity contribution in [3.05, 3.63) is 53.0 Å². The van der Waals surface area contributed by atoms with Crippen LogP contribution >= 0.6 is 0 Å². The number of carbonyl (C=O) groups excluding carboxylic acids is 1. The number of nitrogens with zero attached hydrogens (tertiary/aromatic N) is 2. The highest BCUT2D eigenvalue weighted by Crippen LogP contribution is 2.20. The standard InChI is InChI=1S/C19H22N4O2/c1-12-17(13(2)25-22-12)11-23-9-7-14(10-23)21-19(24)16-4-3-5-18-15(16)6-8-20-18/h3-6,8,14,20H,7,9-11H2,1-2H3,(H,21,24)/t14-/m1/s1. The minimum Gasteiger partial charge on any atom is -0.361 e. The van der Waals surface area contributed by atoms with Gasteiger partial charge in [-0.3, -0.25) is 9.69 Å². The fourth-order valence-corrected chi connectivity index (χ4v) is 3.59. The molecule has 0 spiro atoms. The predicted octanol–water partition coefficient (Wildman–Crippen LogP) is 2.78. The molecule has 0 aliphatic carbocycles. The van der Waals surface area contributed by atoms with Gasteiger partial charge >= 0.3 is 0 Å². The van der Waals surface area contributed by atoms with Gasteiger partial charge in [0.05, 0.1) is 5.69 Å². The molecule has 0 radical (unpaired) electrons. The summed E-state index contributed by atoms with van der Waals surface area (Å²) in [4.78, 5) is 18.2. The zero-order valence-electron chi connectivity index (χ0n) is 14.5. The maximum absolute atomic E-state index is 12.7. The normalized spacial score (nSPS) is 18.1. The molecule has 1 atom stereocenters. The van der Waals surface area contributed by atoms with E-state index in [9.17, 15) is 4.79 Å². The Bertz CT molecular complexity index is 892. The lowest BCUT2D eigenvalue weighted by Crippen LogP contribution is -2.37. The zero-order valence-corrected chi connectivity index (χ0v) is 14.5. The molecule has 25 heavy (non-hydrogen) atoms. The molecule has 1 amide bonds. The number of aromatic amines is 1. The van der Waals surface area contributed by atoms with Crippen molar-refractivity contribution in [2.75, 3.05) is 13.1 Å². The van der Waals surface area contributed by atoms with E-state index in [0.717, 1.165) is 59.5 Å². The van der Waals surface area contributed by atoms with Crippen LogP contribution in [-0.4, -0.2) is 40.1 Å². The summed E-state index contributed by atoms with van der Waals surface area (Å²) in [7, 11) is 0. The Morgan fingerprint density at radius 3 is 3.08 bits per heavy atom. The van der Waals surface area contributed by atoms with Gasteiger partial charge in [0.25, 0.3) is 5.91 Å². The third kappa shape index (κ3) is 3.05. The molecule has 3 heterocycles. The van der Waals surface area contributed by atoms with E-state index in [4.69, 9.17) is 4.52 Å². The molecule has 130 valence electrons. The molecule has 1 aliphatic rings. The number of hydrogen-bond donors (Lipinski definition) is 2. The van der Waals surface area contributed by atoms with Gasteiger partial charge in [0.1, 0.15) is 5.76 Å². The zero-order chi connectivity index (χ0) is 17.4. The van der Waals surface area contributed by atoms with Crippen molar-refractivity contribution in [2.24, 2.45) is 0 Å². The van der Waals surface area contributed by atoms with Crippen LogP contribution in [0.4, 0.5) is 0 Å². The van der Waals surface area contributed by atoms with Gasteiger partial charge in [-0.15, -0.1) is 0 Å². The third-order valence-corrected chi connectivity index (χ3v) is 5.01. The summed E-state index contributed by atoms with van der Waals surface area (Å²) in [5.41, 5.74) is 3.82. The first-order valence-electron chi connectivity index (χ1n) is 8.63. The minimum atomic E-state index is -0.00520. The predicted molar refractivity (Wildman–Crippen MR) is 95.4 cm³/mol. The summed E-state index contributed by atoms with van der Waals surface area (Å²) in [5.74, 6) is 0.874. The van der Waals surface area contributed by atoms with Gasteiger partial charge in [-0.05, 0) is 38.5 Å². The van der Waals surface area contributed by atoms with Crippen molar-refractivity contribution < 1.29 is 9.32 Å². The first-order valence-corrected chi connectivity index (χ1v) is 8.63. The van der Waals surface area contributed by atoms with E-state index >= 15 is 0 Å². The van der Waals surface area contributed by atoms with Crippen molar-refractivity contribution in [1.82, 2.24) is 20.4 Å². The second-order valence-electron chi connectivity index (χ2n) is 6.74. The van der Waals surface area contributed by atoms with Gasteiger partial charge in [-0.1, -0.05) is 11.2 Å². The van der Waals surface area contributed by atoms with E-state index < -0.39 is 0 Å². The quantitative estimate of drug-likeness (QED) is 0.767. The maximum Gasteiger partial charge on any atom is 0.252 e. The molecule has 2 aromatic heterocycles. The Labute approximate surface area is 146 Å². The topological polar surface area (TPSA) is 74.2 Å². The van der Waals surface area contributed by atoms with Gasteiger partial charge in [-0.2, -0.15) is 0 Å². The Kier molecular flexibility index (Phi) is 4.05. The molecular weight excluding hydrogens is 316 g/mol. The number of fused-ring (bicyclic) bond motifs is 1. The number of carbonyl (C=O) groups is 1. The number of H-pyrrole nitrogens is 1. The summed E-state index contributed by atoms with van der Waals surface area (Å²) in [5, 5.41) is 8.16. The van der Waals surface area contributed by atoms with Crippen LogP contribution in [0.2, 0.25) is 0 Å². The van der Waals surface area contributed by atoms with E-state index in [1.54, 1.807) is 0 Å². The van der Waals surface area contributed by atoms with Gasteiger partial charge in [-0.25, -0.2) is 0 Å². The molecule has 2 N–H and O–H groups in total. The summed E-state index contributed by atoms with van der Waals surface area (Å²) in [6.07, 6.45) is 2.82. The Hall–Kier alpha value is -2.60. The van der Waals surface area contributed by atoms with Crippen molar-refractivity contribution in [1.29, 1.82) is 0 Å². The fourth-order valence-electron chi connectivity index (χ4n) is 3.59. The summed E-state index contributed by atoms with van der Waals surface area (Å²) < 4.78 is 5.24. The molecule has 6 nitrogen and oxygen atoms in total. The number of aromatic nitrogens is 2. The number of hydrogen-bond acceptors (Lipinski definition) is 4. The van der Waals surface area contributed by atoms with Crippen molar-refractivity contribution in [3.63, 3.8) is 0 Å². The lowest BCUT2D eigenvalue weighted by molar-refractivity contribution is 0.0939. The van der Waals surface area contributed by atoms with Crippen LogP contribution in [0.1, 0.15) is 33.8 Å². The van der Waals surface area contributed by atoms with E-state index in [2.05, 4.69) is 20.4 Å². The lowest BCUT2D eigenvalue weighted by atomic mass is 10.1. The van der Waals surface area contributed by atoms with Gasteiger partial charge in [0.15, 0.2) is 0 Å². The highest BCUT2D eigenvalue weighted by molar-refractivity contribution is 6.06. The second-order valence-corrected chi connectivity index (χ2v) is 6.74. The number of rotatable bonds is 4. The van der Waals surface area contributed by atoms with E-state index in [1.807, 2.05) is 44.3 Å². The number of amides is 1. The maximum atomic E-state index is 12.7. The molecule has 4 rings (SSSR count). The Morgan fingerprint density at radius 1 is 1.40 bits per heavy atom. The van der Waals surface area contributed by atoms with Crippen LogP contribution in [-0.2, 0) is 6.54 Å². The molecule has 1 aromatic carbocycles. The smallest absolute Gasteiger partial charge is 0.252 e. The molecule has 6 heteroatoms. The van der Waals surface area contributed by atoms with Crippen LogP contribution in [0.5, 0.6) is 0 Å². The first kappa shape index (κ1) is 15.9. The molecule has 1 aliphatic heterocycles. The molecular formula is C19H22N4O2. The van der Waals surface area contributed by atoms with Crippen LogP contribution in [0.15, 0.2) is 35.0 Å². The fraction of sp³-hybridized carbons (Fsp3) is 0.368. The third-order valence-electron chi connectivity index (χ3n) is 5.01. The number of benzene rings is 1. The van der Waals surface area contributed by atoms with Crippen LogP contribution in [0.3, 0.4) is 0 Å². The first-order chi connectivity index (χ1) is 12.1. The largest absolute Gasteiger partial charge is 0.361 e. The highest BCUT2D eigenvalue weighted by atomic mass is 16.5. The second kappa shape index (κ2) is 6.37. The molecule has 0 bridgehead atoms. The van der Waals surface area contributed by atoms with Crippen LogP contribution in [0.25, 0.3) is 10.9 Å². The van der Waals surface area contributed by atoms with Gasteiger partial charge in [0, 0.05) is 53.9 Å². The monoisotopic (exact) mass is 338 g/mol. The number of nitrogens with one attached hydrogen (secondary N) is 2. The van der Waals surface area contributed by atoms with Crippen LogP contribution in [0, 0.1) is 13.8 Å². The molecule has 1 fully saturated rings. The Morgan fingerprint density at radius 2 is 2.28 bits per heavy atom. The molecule has 0 saturated carbocycles. The SMILES string of the molecule is Cc1noc(C)c1CN1CC[C@@H](NC(=O)c2cccc3[nH]ccc23)C1. The summed E-state index contributed by atoms with van der Waals surface area (Å²) >= 11 is 0. The van der Waals surface area contributed by atoms with E-state index in [0.29, 0.717) is 0 Å². The Balaban J connectivity index is 1.41. The van der Waals surface area contributed by atoms with Gasteiger partial charge in [0.2, 0.25) is 0 Å². The van der Waals surface area contributed by atoms with Crippen LogP contribution < -0.4 is 5.32 Å². The van der Waals surface area contributed by atoms with Crippen molar-refractivity contribution >= 4 is 16.8 Å². The average molecular weight is 338 g/mol. The van der Waals surface area contributed by atoms with E-state index in [1.165, 1.54) is 0 Å². The molecule has 1 saturated heterocycles. The highest BCUT2D eigenvalue weighted by Gasteiger charge is 2.26. The number of likely N-dealkylation sites (tertiary alicyclic amines) is 1. The molecule has 0 unspecified atom stereocenters. The van der Waals surface area contributed by atoms with E-state index in [-0.39, 0.29) is 11.9 Å². The number of aryl methyl sites for hydroxylation is 2. The minimum absolute atomic E-state index is 0.00520. The van der Waals surface area contributed by atoms with Gasteiger partial charge < -0.3 is 14.8 Å². The summed E-state index contributed by atoms with van der Waals surface area (Å²) in [6, 6.07) is 7.88.